The number of methoxy groups -OCH3 is 1. The van der Waals surface area contributed by atoms with Gasteiger partial charge in [0.15, 0.2) is 0 Å². The molecule has 0 spiro atoms. The van der Waals surface area contributed by atoms with E-state index in [4.69, 9.17) is 9.15 Å². The quantitative estimate of drug-likeness (QED) is 0.885. The first kappa shape index (κ1) is 11.8. The average molecular weight is 262 g/mol. The highest BCUT2D eigenvalue weighted by atomic mass is 79.9. The molecular weight excluding hydrogens is 246 g/mol. The number of halogens is 1. The lowest BCUT2D eigenvalue weighted by molar-refractivity contribution is 0.0227. The van der Waals surface area contributed by atoms with Crippen molar-refractivity contribution < 1.29 is 9.15 Å². The Balaban J connectivity index is 2.32. The highest BCUT2D eigenvalue weighted by Gasteiger charge is 2.15. The van der Waals surface area contributed by atoms with E-state index < -0.39 is 0 Å². The molecule has 14 heavy (non-hydrogen) atoms. The fraction of sp³-hybridized carbons (Fsp3) is 0.600. The van der Waals surface area contributed by atoms with Gasteiger partial charge in [-0.3, -0.25) is 0 Å². The molecule has 0 unspecified atom stereocenters. The van der Waals surface area contributed by atoms with E-state index in [2.05, 4.69) is 21.2 Å². The van der Waals surface area contributed by atoms with Crippen LogP contribution in [0.5, 0.6) is 0 Å². The highest BCUT2D eigenvalue weighted by molar-refractivity contribution is 9.10. The van der Waals surface area contributed by atoms with Crippen molar-refractivity contribution in [1.82, 2.24) is 5.32 Å². The molecule has 0 aromatic carbocycles. The summed E-state index contributed by atoms with van der Waals surface area (Å²) in [6.45, 7) is 5.57. The molecule has 3 nitrogen and oxygen atoms in total. The summed E-state index contributed by atoms with van der Waals surface area (Å²) < 4.78 is 11.5. The van der Waals surface area contributed by atoms with Crippen molar-refractivity contribution in [1.29, 1.82) is 0 Å². The van der Waals surface area contributed by atoms with Crippen molar-refractivity contribution in [3.8, 4) is 0 Å². The third-order valence-electron chi connectivity index (χ3n) is 2.08. The summed E-state index contributed by atoms with van der Waals surface area (Å²) in [5, 5.41) is 3.27. The maximum atomic E-state index is 5.28. The van der Waals surface area contributed by atoms with Gasteiger partial charge < -0.3 is 14.5 Å². The summed E-state index contributed by atoms with van der Waals surface area (Å²) in [4.78, 5) is 0. The van der Waals surface area contributed by atoms with Crippen LogP contribution in [-0.4, -0.2) is 19.3 Å². The lowest BCUT2D eigenvalue weighted by atomic mass is 10.1. The number of nitrogens with one attached hydrogen (secondary N) is 1. The molecule has 0 bridgehead atoms. The van der Waals surface area contributed by atoms with Crippen LogP contribution in [0.4, 0.5) is 0 Å². The zero-order valence-electron chi connectivity index (χ0n) is 8.76. The Morgan fingerprint density at radius 2 is 2.29 bits per heavy atom. The van der Waals surface area contributed by atoms with E-state index in [0.717, 1.165) is 16.8 Å². The van der Waals surface area contributed by atoms with Crippen LogP contribution in [-0.2, 0) is 11.3 Å². The summed E-state index contributed by atoms with van der Waals surface area (Å²) >= 11 is 3.40. The SMILES string of the molecule is COC(C)(C)CNCc1occc1Br. The Labute approximate surface area is 92.9 Å². The van der Waals surface area contributed by atoms with Gasteiger partial charge in [0, 0.05) is 13.7 Å². The first-order valence-corrected chi connectivity index (χ1v) is 5.32. The lowest BCUT2D eigenvalue weighted by Gasteiger charge is -2.22. The monoisotopic (exact) mass is 261 g/mol. The van der Waals surface area contributed by atoms with Crippen molar-refractivity contribution in [3.05, 3.63) is 22.6 Å². The van der Waals surface area contributed by atoms with Crippen molar-refractivity contribution in [3.63, 3.8) is 0 Å². The van der Waals surface area contributed by atoms with Crippen LogP contribution in [0.2, 0.25) is 0 Å². The van der Waals surface area contributed by atoms with Gasteiger partial charge in [0.05, 0.1) is 22.9 Å². The zero-order valence-corrected chi connectivity index (χ0v) is 10.3. The highest BCUT2D eigenvalue weighted by Crippen LogP contribution is 2.17. The molecule has 0 fully saturated rings. The third-order valence-corrected chi connectivity index (χ3v) is 2.79. The van der Waals surface area contributed by atoms with Gasteiger partial charge in [-0.25, -0.2) is 0 Å². The topological polar surface area (TPSA) is 34.4 Å². The van der Waals surface area contributed by atoms with Gasteiger partial charge in [-0.2, -0.15) is 0 Å². The molecule has 0 aliphatic heterocycles. The normalized spacial score (nSPS) is 12.0. The van der Waals surface area contributed by atoms with Crippen LogP contribution in [0.25, 0.3) is 0 Å². The third kappa shape index (κ3) is 3.44. The standard InChI is InChI=1S/C10H16BrNO2/c1-10(2,13-3)7-12-6-9-8(11)4-5-14-9/h4-5,12H,6-7H2,1-3H3. The van der Waals surface area contributed by atoms with E-state index in [1.54, 1.807) is 13.4 Å². The summed E-state index contributed by atoms with van der Waals surface area (Å²) in [5.41, 5.74) is -0.140. The number of hydrogen-bond acceptors (Lipinski definition) is 3. The van der Waals surface area contributed by atoms with Gasteiger partial charge in [-0.1, -0.05) is 0 Å². The van der Waals surface area contributed by atoms with Crippen LogP contribution in [0.1, 0.15) is 19.6 Å². The molecule has 0 aliphatic carbocycles. The summed E-state index contributed by atoms with van der Waals surface area (Å²) in [6, 6.07) is 1.89. The predicted molar refractivity (Wildman–Crippen MR) is 59.2 cm³/mol. The molecule has 4 heteroatoms. The second kappa shape index (κ2) is 4.96. The minimum absolute atomic E-state index is 0.140. The Morgan fingerprint density at radius 1 is 1.57 bits per heavy atom. The molecule has 0 saturated carbocycles. The van der Waals surface area contributed by atoms with Crippen LogP contribution >= 0.6 is 15.9 Å². The smallest absolute Gasteiger partial charge is 0.131 e. The second-order valence-electron chi connectivity index (χ2n) is 3.76. The van der Waals surface area contributed by atoms with Gasteiger partial charge in [-0.05, 0) is 35.8 Å². The number of ether oxygens (including phenoxy) is 1. The van der Waals surface area contributed by atoms with E-state index >= 15 is 0 Å². The van der Waals surface area contributed by atoms with Gasteiger partial charge in [0.25, 0.3) is 0 Å². The molecule has 0 radical (unpaired) electrons. The van der Waals surface area contributed by atoms with Crippen LogP contribution in [0.15, 0.2) is 21.2 Å². The van der Waals surface area contributed by atoms with Crippen molar-refractivity contribution in [2.24, 2.45) is 0 Å². The molecule has 1 aromatic heterocycles. The van der Waals surface area contributed by atoms with Crippen molar-refractivity contribution in [2.75, 3.05) is 13.7 Å². The van der Waals surface area contributed by atoms with E-state index in [1.807, 2.05) is 19.9 Å². The fourth-order valence-electron chi connectivity index (χ4n) is 1.00. The lowest BCUT2D eigenvalue weighted by Crippen LogP contribution is -2.36. The zero-order chi connectivity index (χ0) is 10.6. The predicted octanol–water partition coefficient (Wildman–Crippen LogP) is 2.56. The van der Waals surface area contributed by atoms with E-state index in [-0.39, 0.29) is 5.60 Å². The molecule has 0 aliphatic rings. The fourth-order valence-corrected chi connectivity index (χ4v) is 1.34. The molecule has 1 heterocycles. The minimum atomic E-state index is -0.140. The maximum Gasteiger partial charge on any atom is 0.131 e. The molecule has 1 rings (SSSR count). The molecule has 1 N–H and O–H groups in total. The Kier molecular flexibility index (Phi) is 4.16. The van der Waals surface area contributed by atoms with E-state index in [9.17, 15) is 0 Å². The Morgan fingerprint density at radius 3 is 2.79 bits per heavy atom. The molecular formula is C10H16BrNO2. The number of rotatable bonds is 5. The second-order valence-corrected chi connectivity index (χ2v) is 4.61. The summed E-state index contributed by atoms with van der Waals surface area (Å²) in [6.07, 6.45) is 1.67. The van der Waals surface area contributed by atoms with Crippen LogP contribution in [0, 0.1) is 0 Å². The Hall–Kier alpha value is -0.320. The number of furan rings is 1. The molecule has 0 saturated heterocycles. The van der Waals surface area contributed by atoms with Crippen LogP contribution in [0.3, 0.4) is 0 Å². The van der Waals surface area contributed by atoms with Crippen molar-refractivity contribution >= 4 is 15.9 Å². The Bertz CT molecular complexity index is 283. The van der Waals surface area contributed by atoms with E-state index in [1.165, 1.54) is 0 Å². The first-order chi connectivity index (χ1) is 6.55. The summed E-state index contributed by atoms with van der Waals surface area (Å²) in [5.74, 6) is 0.914. The van der Waals surface area contributed by atoms with Crippen molar-refractivity contribution in [2.45, 2.75) is 26.0 Å². The van der Waals surface area contributed by atoms with Gasteiger partial charge in [-0.15, -0.1) is 0 Å². The summed E-state index contributed by atoms with van der Waals surface area (Å²) in [7, 11) is 1.71. The molecule has 1 aromatic rings. The number of hydrogen-bond donors (Lipinski definition) is 1. The first-order valence-electron chi connectivity index (χ1n) is 4.53. The van der Waals surface area contributed by atoms with Crippen LogP contribution < -0.4 is 5.32 Å². The maximum absolute atomic E-state index is 5.28. The molecule has 0 amide bonds. The van der Waals surface area contributed by atoms with E-state index in [0.29, 0.717) is 6.54 Å². The van der Waals surface area contributed by atoms with Gasteiger partial charge in [0.1, 0.15) is 5.76 Å². The van der Waals surface area contributed by atoms with Gasteiger partial charge in [0.2, 0.25) is 0 Å². The molecule has 80 valence electrons. The average Bonchev–Trinajstić information content (AvgIpc) is 2.52. The largest absolute Gasteiger partial charge is 0.467 e. The minimum Gasteiger partial charge on any atom is -0.467 e. The molecule has 0 atom stereocenters. The van der Waals surface area contributed by atoms with Gasteiger partial charge >= 0.3 is 0 Å².